The summed E-state index contributed by atoms with van der Waals surface area (Å²) < 4.78 is 2.01. The molecule has 0 radical (unpaired) electrons. The van der Waals surface area contributed by atoms with Gasteiger partial charge in [-0.05, 0) is 32.1 Å². The predicted octanol–water partition coefficient (Wildman–Crippen LogP) is 1.47. The molecule has 0 unspecified atom stereocenters. The molecule has 1 aliphatic carbocycles. The Hall–Kier alpha value is -1.92. The van der Waals surface area contributed by atoms with Gasteiger partial charge in [-0.1, -0.05) is 0 Å². The highest BCUT2D eigenvalue weighted by molar-refractivity contribution is 5.48. The first-order valence-corrected chi connectivity index (χ1v) is 7.40. The Kier molecular flexibility index (Phi) is 2.71. The lowest BCUT2D eigenvalue weighted by molar-refractivity contribution is 0.562. The van der Waals surface area contributed by atoms with Gasteiger partial charge in [0.1, 0.15) is 5.82 Å². The van der Waals surface area contributed by atoms with E-state index < -0.39 is 0 Å². The van der Waals surface area contributed by atoms with E-state index in [0.29, 0.717) is 11.7 Å². The minimum absolute atomic E-state index is 0.575. The van der Waals surface area contributed by atoms with Gasteiger partial charge in [-0.15, -0.1) is 15.3 Å². The van der Waals surface area contributed by atoms with Gasteiger partial charge in [-0.2, -0.15) is 0 Å². The lowest BCUT2D eigenvalue weighted by atomic mass is 10.1. The Bertz CT molecular complexity index is 604. The SMILES string of the molecule is Cn1c(-c2n[nH]c(C3CC3)n2)nnc1N1CCCCC1. The third kappa shape index (κ3) is 1.97. The summed E-state index contributed by atoms with van der Waals surface area (Å²) in [5.41, 5.74) is 0. The molecule has 0 spiro atoms. The molecular formula is C13H19N7. The highest BCUT2D eigenvalue weighted by atomic mass is 15.4. The van der Waals surface area contributed by atoms with E-state index in [0.717, 1.165) is 30.7 Å². The number of piperidine rings is 1. The lowest BCUT2D eigenvalue weighted by Gasteiger charge is -2.26. The Morgan fingerprint density at radius 1 is 1.10 bits per heavy atom. The summed E-state index contributed by atoms with van der Waals surface area (Å²) in [6.07, 6.45) is 6.20. The van der Waals surface area contributed by atoms with E-state index in [2.05, 4.69) is 30.3 Å². The first-order chi connectivity index (χ1) is 9.83. The molecule has 0 amide bonds. The molecule has 7 nitrogen and oxygen atoms in total. The molecule has 0 atom stereocenters. The Morgan fingerprint density at radius 2 is 1.90 bits per heavy atom. The van der Waals surface area contributed by atoms with E-state index in [9.17, 15) is 0 Å². The molecule has 106 valence electrons. The van der Waals surface area contributed by atoms with E-state index >= 15 is 0 Å². The molecule has 1 saturated heterocycles. The minimum atomic E-state index is 0.575. The average molecular weight is 273 g/mol. The van der Waals surface area contributed by atoms with Crippen LogP contribution in [-0.2, 0) is 7.05 Å². The summed E-state index contributed by atoms with van der Waals surface area (Å²) in [7, 11) is 1.99. The minimum Gasteiger partial charge on any atom is -0.341 e. The number of H-pyrrole nitrogens is 1. The number of aromatic nitrogens is 6. The molecule has 1 saturated carbocycles. The maximum atomic E-state index is 4.55. The first kappa shape index (κ1) is 11.9. The third-order valence-corrected chi connectivity index (χ3v) is 4.16. The van der Waals surface area contributed by atoms with Crippen molar-refractivity contribution in [3.8, 4) is 11.6 Å². The number of nitrogens with zero attached hydrogens (tertiary/aromatic N) is 6. The summed E-state index contributed by atoms with van der Waals surface area (Å²) in [5, 5.41) is 15.9. The zero-order valence-electron chi connectivity index (χ0n) is 11.7. The van der Waals surface area contributed by atoms with Crippen LogP contribution in [0.15, 0.2) is 0 Å². The Labute approximate surface area is 117 Å². The van der Waals surface area contributed by atoms with Crippen molar-refractivity contribution in [3.05, 3.63) is 5.82 Å². The van der Waals surface area contributed by atoms with Crippen LogP contribution in [0.2, 0.25) is 0 Å². The normalized spacial score (nSPS) is 19.6. The van der Waals surface area contributed by atoms with Crippen molar-refractivity contribution in [3.63, 3.8) is 0 Å². The van der Waals surface area contributed by atoms with Gasteiger partial charge in [0.05, 0.1) is 0 Å². The molecule has 3 heterocycles. The molecule has 0 bridgehead atoms. The second-order valence-electron chi connectivity index (χ2n) is 5.75. The molecule has 4 rings (SSSR count). The number of anilines is 1. The third-order valence-electron chi connectivity index (χ3n) is 4.16. The van der Waals surface area contributed by atoms with Crippen LogP contribution in [0.3, 0.4) is 0 Å². The monoisotopic (exact) mass is 273 g/mol. The largest absolute Gasteiger partial charge is 0.341 e. The molecule has 2 fully saturated rings. The van der Waals surface area contributed by atoms with Crippen molar-refractivity contribution in [1.82, 2.24) is 29.9 Å². The van der Waals surface area contributed by atoms with E-state index in [-0.39, 0.29) is 0 Å². The first-order valence-electron chi connectivity index (χ1n) is 7.40. The number of hydrogen-bond donors (Lipinski definition) is 1. The maximum Gasteiger partial charge on any atom is 0.227 e. The van der Waals surface area contributed by atoms with Crippen LogP contribution in [0, 0.1) is 0 Å². The zero-order valence-corrected chi connectivity index (χ0v) is 11.7. The van der Waals surface area contributed by atoms with Crippen molar-refractivity contribution >= 4 is 5.95 Å². The van der Waals surface area contributed by atoms with Crippen LogP contribution in [-0.4, -0.2) is 43.0 Å². The Balaban J connectivity index is 1.62. The Morgan fingerprint density at radius 3 is 2.65 bits per heavy atom. The fraction of sp³-hybridized carbons (Fsp3) is 0.692. The maximum absolute atomic E-state index is 4.55. The van der Waals surface area contributed by atoms with Crippen molar-refractivity contribution in [2.75, 3.05) is 18.0 Å². The van der Waals surface area contributed by atoms with E-state index in [4.69, 9.17) is 0 Å². The molecule has 7 heteroatoms. The molecule has 2 aromatic rings. The van der Waals surface area contributed by atoms with Gasteiger partial charge < -0.3 is 4.90 Å². The van der Waals surface area contributed by atoms with Gasteiger partial charge >= 0.3 is 0 Å². The van der Waals surface area contributed by atoms with Crippen molar-refractivity contribution < 1.29 is 0 Å². The smallest absolute Gasteiger partial charge is 0.227 e. The van der Waals surface area contributed by atoms with Crippen LogP contribution >= 0.6 is 0 Å². The molecule has 1 aliphatic heterocycles. The lowest BCUT2D eigenvalue weighted by Crippen LogP contribution is -2.31. The second-order valence-corrected chi connectivity index (χ2v) is 5.75. The summed E-state index contributed by atoms with van der Waals surface area (Å²) in [4.78, 5) is 6.85. The number of hydrogen-bond acceptors (Lipinski definition) is 5. The second kappa shape index (κ2) is 4.57. The van der Waals surface area contributed by atoms with Crippen molar-refractivity contribution in [1.29, 1.82) is 0 Å². The molecule has 2 aliphatic rings. The molecule has 2 aromatic heterocycles. The van der Waals surface area contributed by atoms with E-state index in [1.165, 1.54) is 32.1 Å². The van der Waals surface area contributed by atoms with E-state index in [1.807, 2.05) is 11.6 Å². The van der Waals surface area contributed by atoms with Crippen molar-refractivity contribution in [2.45, 2.75) is 38.0 Å². The summed E-state index contributed by atoms with van der Waals surface area (Å²) in [6, 6.07) is 0. The van der Waals surface area contributed by atoms with Gasteiger partial charge in [0, 0.05) is 26.1 Å². The average Bonchev–Trinajstić information content (AvgIpc) is 3.09. The molecule has 1 N–H and O–H groups in total. The van der Waals surface area contributed by atoms with Crippen LogP contribution in [0.5, 0.6) is 0 Å². The topological polar surface area (TPSA) is 75.5 Å². The van der Waals surface area contributed by atoms with Gasteiger partial charge in [0.15, 0.2) is 0 Å². The fourth-order valence-electron chi connectivity index (χ4n) is 2.80. The number of rotatable bonds is 3. The van der Waals surface area contributed by atoms with Gasteiger partial charge in [0.25, 0.3) is 0 Å². The fourth-order valence-corrected chi connectivity index (χ4v) is 2.80. The van der Waals surface area contributed by atoms with Gasteiger partial charge in [-0.3, -0.25) is 9.67 Å². The van der Waals surface area contributed by atoms with Gasteiger partial charge in [0.2, 0.25) is 17.6 Å². The number of nitrogens with one attached hydrogen (secondary N) is 1. The summed E-state index contributed by atoms with van der Waals surface area (Å²) in [5.74, 6) is 3.89. The van der Waals surface area contributed by atoms with E-state index in [1.54, 1.807) is 0 Å². The molecule has 0 aromatic carbocycles. The highest BCUT2D eigenvalue weighted by Crippen LogP contribution is 2.38. The van der Waals surface area contributed by atoms with Crippen LogP contribution in [0.25, 0.3) is 11.6 Å². The summed E-state index contributed by atoms with van der Waals surface area (Å²) in [6.45, 7) is 2.13. The van der Waals surface area contributed by atoms with Crippen LogP contribution in [0.1, 0.15) is 43.8 Å². The van der Waals surface area contributed by atoms with Crippen LogP contribution in [0.4, 0.5) is 5.95 Å². The predicted molar refractivity (Wildman–Crippen MR) is 74.4 cm³/mol. The van der Waals surface area contributed by atoms with Crippen molar-refractivity contribution in [2.24, 2.45) is 7.05 Å². The number of aromatic amines is 1. The molecular weight excluding hydrogens is 254 g/mol. The standard InChI is InChI=1S/C13H19N7/c1-19-12(11-14-10(15-16-11)9-5-6-9)17-18-13(19)20-7-3-2-4-8-20/h9H,2-8H2,1H3,(H,14,15,16). The zero-order chi connectivity index (χ0) is 13.5. The molecule has 20 heavy (non-hydrogen) atoms. The van der Waals surface area contributed by atoms with Gasteiger partial charge in [-0.25, -0.2) is 4.98 Å². The quantitative estimate of drug-likeness (QED) is 0.916. The highest BCUT2D eigenvalue weighted by Gasteiger charge is 2.28. The summed E-state index contributed by atoms with van der Waals surface area (Å²) >= 11 is 0. The van der Waals surface area contributed by atoms with Crippen LogP contribution < -0.4 is 4.90 Å².